The fourth-order valence-electron chi connectivity index (χ4n) is 2.77. The molecule has 6 nitrogen and oxygen atoms in total. The van der Waals surface area contributed by atoms with Crippen LogP contribution in [0.1, 0.15) is 21.5 Å². The Balaban J connectivity index is 1.67. The number of carbonyl (C=O) groups excluding carboxylic acids is 1. The van der Waals surface area contributed by atoms with Crippen molar-refractivity contribution in [2.45, 2.75) is 6.54 Å². The third kappa shape index (κ3) is 2.94. The van der Waals surface area contributed by atoms with E-state index in [2.05, 4.69) is 16.5 Å². The Morgan fingerprint density at radius 1 is 1.15 bits per heavy atom. The first kappa shape index (κ1) is 15.7. The van der Waals surface area contributed by atoms with Gasteiger partial charge >= 0.3 is 0 Å². The number of nitriles is 1. The van der Waals surface area contributed by atoms with Gasteiger partial charge in [-0.3, -0.25) is 9.48 Å². The first-order valence-corrected chi connectivity index (χ1v) is 8.03. The summed E-state index contributed by atoms with van der Waals surface area (Å²) in [7, 11) is 0. The lowest BCUT2D eigenvalue weighted by Gasteiger charge is -2.04. The molecule has 0 radical (unpaired) electrons. The number of nitrogens with one attached hydrogen (secondary N) is 1. The number of para-hydroxylation sites is 1. The van der Waals surface area contributed by atoms with Crippen LogP contribution in [0.15, 0.2) is 71.5 Å². The molecule has 4 rings (SSSR count). The van der Waals surface area contributed by atoms with Crippen molar-refractivity contribution >= 4 is 22.6 Å². The summed E-state index contributed by atoms with van der Waals surface area (Å²) >= 11 is 0. The minimum atomic E-state index is -0.271. The molecular weight excluding hydrogens is 328 g/mol. The third-order valence-electron chi connectivity index (χ3n) is 4.09. The monoisotopic (exact) mass is 342 g/mol. The van der Waals surface area contributed by atoms with Gasteiger partial charge < -0.3 is 9.73 Å². The summed E-state index contributed by atoms with van der Waals surface area (Å²) in [5.74, 6) is 0.230. The Labute approximate surface area is 149 Å². The van der Waals surface area contributed by atoms with Crippen LogP contribution < -0.4 is 5.32 Å². The van der Waals surface area contributed by atoms with Gasteiger partial charge in [-0.1, -0.05) is 24.3 Å². The highest BCUT2D eigenvalue weighted by atomic mass is 16.3. The Morgan fingerprint density at radius 3 is 2.69 bits per heavy atom. The van der Waals surface area contributed by atoms with Crippen molar-refractivity contribution in [3.8, 4) is 6.07 Å². The summed E-state index contributed by atoms with van der Waals surface area (Å²) in [5, 5.41) is 17.2. The highest BCUT2D eigenvalue weighted by Crippen LogP contribution is 2.24. The molecule has 2 heterocycles. The van der Waals surface area contributed by atoms with Crippen LogP contribution in [-0.4, -0.2) is 15.7 Å². The Hall–Kier alpha value is -3.85. The van der Waals surface area contributed by atoms with Crippen LogP contribution in [0.25, 0.3) is 10.9 Å². The molecule has 6 heteroatoms. The van der Waals surface area contributed by atoms with Gasteiger partial charge in [0.2, 0.25) is 0 Å². The first-order valence-electron chi connectivity index (χ1n) is 8.03. The van der Waals surface area contributed by atoms with Gasteiger partial charge in [0.25, 0.3) is 5.91 Å². The number of rotatable bonds is 4. The van der Waals surface area contributed by atoms with E-state index in [4.69, 9.17) is 9.68 Å². The van der Waals surface area contributed by atoms with Crippen molar-refractivity contribution in [2.24, 2.45) is 0 Å². The summed E-state index contributed by atoms with van der Waals surface area (Å²) in [6, 6.07) is 18.8. The van der Waals surface area contributed by atoms with Crippen molar-refractivity contribution in [1.82, 2.24) is 9.78 Å². The number of benzene rings is 2. The number of hydrogen-bond acceptors (Lipinski definition) is 4. The van der Waals surface area contributed by atoms with Crippen LogP contribution >= 0.6 is 0 Å². The Morgan fingerprint density at radius 2 is 1.96 bits per heavy atom. The third-order valence-corrected chi connectivity index (χ3v) is 4.09. The summed E-state index contributed by atoms with van der Waals surface area (Å²) in [6.45, 7) is 0.536. The SMILES string of the molecule is N#Cc1ccc(Cn2nc(NC(=O)c3ccoc3)c3ccccc32)cc1. The zero-order valence-electron chi connectivity index (χ0n) is 13.7. The highest BCUT2D eigenvalue weighted by molar-refractivity contribution is 6.07. The maximum absolute atomic E-state index is 12.3. The molecule has 0 bridgehead atoms. The van der Waals surface area contributed by atoms with Gasteiger partial charge in [-0.2, -0.15) is 10.4 Å². The molecule has 0 spiro atoms. The molecule has 1 N–H and O–H groups in total. The standard InChI is InChI=1S/C20H14N4O2/c21-11-14-5-7-15(8-6-14)12-24-18-4-2-1-3-17(18)19(23-24)22-20(25)16-9-10-26-13-16/h1-10,13H,12H2,(H,22,23,25). The second kappa shape index (κ2) is 6.57. The topological polar surface area (TPSA) is 83.9 Å². The average Bonchev–Trinajstić information content (AvgIpc) is 3.32. The molecule has 0 unspecified atom stereocenters. The van der Waals surface area contributed by atoms with E-state index in [1.807, 2.05) is 41.1 Å². The van der Waals surface area contributed by atoms with E-state index in [1.54, 1.807) is 18.2 Å². The fraction of sp³-hybridized carbons (Fsp3) is 0.0500. The van der Waals surface area contributed by atoms with Crippen LogP contribution in [0.3, 0.4) is 0 Å². The number of furan rings is 1. The van der Waals surface area contributed by atoms with Crippen molar-refractivity contribution < 1.29 is 9.21 Å². The van der Waals surface area contributed by atoms with Gasteiger partial charge in [0.1, 0.15) is 6.26 Å². The molecule has 2 aromatic carbocycles. The lowest BCUT2D eigenvalue weighted by Crippen LogP contribution is -2.12. The summed E-state index contributed by atoms with van der Waals surface area (Å²) < 4.78 is 6.79. The van der Waals surface area contributed by atoms with Gasteiger partial charge in [0.15, 0.2) is 5.82 Å². The molecule has 0 atom stereocenters. The zero-order valence-corrected chi connectivity index (χ0v) is 13.7. The smallest absolute Gasteiger partial charge is 0.260 e. The molecule has 0 aliphatic rings. The molecule has 26 heavy (non-hydrogen) atoms. The normalized spacial score (nSPS) is 10.6. The molecule has 0 saturated carbocycles. The summed E-state index contributed by atoms with van der Waals surface area (Å²) in [6.07, 6.45) is 2.85. The van der Waals surface area contributed by atoms with Gasteiger partial charge in [0, 0.05) is 5.39 Å². The minimum absolute atomic E-state index is 0.271. The molecule has 4 aromatic rings. The van der Waals surface area contributed by atoms with Crippen molar-refractivity contribution in [3.63, 3.8) is 0 Å². The quantitative estimate of drug-likeness (QED) is 0.611. The average molecular weight is 342 g/mol. The molecule has 0 aliphatic carbocycles. The van der Waals surface area contributed by atoms with E-state index in [1.165, 1.54) is 12.5 Å². The van der Waals surface area contributed by atoms with Crippen molar-refractivity contribution in [3.05, 3.63) is 83.8 Å². The zero-order chi connectivity index (χ0) is 17.9. The van der Waals surface area contributed by atoms with Gasteiger partial charge in [-0.15, -0.1) is 0 Å². The molecule has 0 saturated heterocycles. The molecule has 126 valence electrons. The lowest BCUT2D eigenvalue weighted by atomic mass is 10.1. The number of amides is 1. The van der Waals surface area contributed by atoms with Gasteiger partial charge in [-0.25, -0.2) is 0 Å². The Kier molecular flexibility index (Phi) is 3.96. The summed E-state index contributed by atoms with van der Waals surface area (Å²) in [4.78, 5) is 12.3. The number of hydrogen-bond donors (Lipinski definition) is 1. The Bertz CT molecular complexity index is 1100. The van der Waals surface area contributed by atoms with Crippen molar-refractivity contribution in [1.29, 1.82) is 5.26 Å². The van der Waals surface area contributed by atoms with E-state index >= 15 is 0 Å². The number of nitrogens with zero attached hydrogens (tertiary/aromatic N) is 3. The maximum Gasteiger partial charge on any atom is 0.260 e. The number of anilines is 1. The van der Waals surface area contributed by atoms with Crippen LogP contribution in [-0.2, 0) is 6.54 Å². The van der Waals surface area contributed by atoms with Crippen LogP contribution in [0.5, 0.6) is 0 Å². The van der Waals surface area contributed by atoms with Crippen LogP contribution in [0, 0.1) is 11.3 Å². The van der Waals surface area contributed by atoms with Gasteiger partial charge in [0.05, 0.1) is 35.5 Å². The second-order valence-electron chi connectivity index (χ2n) is 5.80. The largest absolute Gasteiger partial charge is 0.472 e. The second-order valence-corrected chi connectivity index (χ2v) is 5.80. The number of fused-ring (bicyclic) bond motifs is 1. The molecule has 1 amide bonds. The van der Waals surface area contributed by atoms with E-state index in [0.29, 0.717) is 23.5 Å². The summed E-state index contributed by atoms with van der Waals surface area (Å²) in [5.41, 5.74) is 2.99. The predicted molar refractivity (Wildman–Crippen MR) is 96.7 cm³/mol. The minimum Gasteiger partial charge on any atom is -0.472 e. The molecular formula is C20H14N4O2. The van der Waals surface area contributed by atoms with E-state index < -0.39 is 0 Å². The highest BCUT2D eigenvalue weighted by Gasteiger charge is 2.14. The van der Waals surface area contributed by atoms with Crippen molar-refractivity contribution in [2.75, 3.05) is 5.32 Å². The molecule has 2 aromatic heterocycles. The molecule has 0 aliphatic heterocycles. The molecule has 0 fully saturated rings. The lowest BCUT2D eigenvalue weighted by molar-refractivity contribution is 0.102. The van der Waals surface area contributed by atoms with Crippen LogP contribution in [0.2, 0.25) is 0 Å². The van der Waals surface area contributed by atoms with E-state index in [0.717, 1.165) is 16.5 Å². The van der Waals surface area contributed by atoms with E-state index in [9.17, 15) is 4.79 Å². The van der Waals surface area contributed by atoms with Gasteiger partial charge in [-0.05, 0) is 35.9 Å². The van der Waals surface area contributed by atoms with Crippen LogP contribution in [0.4, 0.5) is 5.82 Å². The maximum atomic E-state index is 12.3. The fourth-order valence-corrected chi connectivity index (χ4v) is 2.77. The predicted octanol–water partition coefficient (Wildman–Crippen LogP) is 3.80. The number of aromatic nitrogens is 2. The van der Waals surface area contributed by atoms with E-state index in [-0.39, 0.29) is 5.91 Å². The number of carbonyl (C=O) groups is 1. The first-order chi connectivity index (χ1) is 12.7.